The number of rotatable bonds is 5. The van der Waals surface area contributed by atoms with Gasteiger partial charge >= 0.3 is 0 Å². The predicted molar refractivity (Wildman–Crippen MR) is 49.7 cm³/mol. The van der Waals surface area contributed by atoms with Gasteiger partial charge < -0.3 is 4.74 Å². The summed E-state index contributed by atoms with van der Waals surface area (Å²) >= 11 is 0. The highest BCUT2D eigenvalue weighted by Crippen LogP contribution is 2.15. The molecule has 68 valence electrons. The Labute approximate surface area is 71.1 Å². The van der Waals surface area contributed by atoms with Crippen LogP contribution >= 0.6 is 0 Å². The number of hydrogen-bond donors (Lipinski definition) is 0. The standard InChI is InChI=1S/C10H22O/c1-6-11-10(9(4)5)7-8(2)3/h8-10H,6-7H2,1-5H3. The monoisotopic (exact) mass is 158 g/mol. The van der Waals surface area contributed by atoms with Crippen LogP contribution in [0.4, 0.5) is 0 Å². The highest BCUT2D eigenvalue weighted by atomic mass is 16.5. The molecule has 0 bridgehead atoms. The van der Waals surface area contributed by atoms with Crippen molar-refractivity contribution in [2.75, 3.05) is 6.61 Å². The minimum atomic E-state index is 0.458. The van der Waals surface area contributed by atoms with E-state index in [0.717, 1.165) is 12.5 Å². The summed E-state index contributed by atoms with van der Waals surface area (Å²) in [6.07, 6.45) is 1.64. The van der Waals surface area contributed by atoms with Gasteiger partial charge in [-0.1, -0.05) is 27.7 Å². The van der Waals surface area contributed by atoms with Gasteiger partial charge in [-0.25, -0.2) is 0 Å². The van der Waals surface area contributed by atoms with Crippen molar-refractivity contribution in [3.8, 4) is 0 Å². The van der Waals surface area contributed by atoms with Gasteiger partial charge in [-0.05, 0) is 25.2 Å². The molecule has 11 heavy (non-hydrogen) atoms. The lowest BCUT2D eigenvalue weighted by atomic mass is 9.97. The van der Waals surface area contributed by atoms with Gasteiger partial charge in [-0.15, -0.1) is 0 Å². The first-order valence-corrected chi connectivity index (χ1v) is 4.69. The molecule has 1 heteroatoms. The SMILES string of the molecule is CCOC(CC(C)C)C(C)C. The van der Waals surface area contributed by atoms with E-state index in [2.05, 4.69) is 34.6 Å². The molecule has 0 radical (unpaired) electrons. The molecule has 0 aromatic carbocycles. The third kappa shape index (κ3) is 5.25. The minimum Gasteiger partial charge on any atom is -0.378 e. The molecule has 0 rings (SSSR count). The smallest absolute Gasteiger partial charge is 0.0600 e. The van der Waals surface area contributed by atoms with E-state index < -0.39 is 0 Å². The molecule has 0 saturated heterocycles. The second-order valence-corrected chi connectivity index (χ2v) is 3.87. The Kier molecular flexibility index (Phi) is 5.57. The van der Waals surface area contributed by atoms with Crippen LogP contribution < -0.4 is 0 Å². The molecule has 0 aromatic heterocycles. The Bertz CT molecular complexity index is 86.9. The van der Waals surface area contributed by atoms with Crippen LogP contribution in [0.3, 0.4) is 0 Å². The van der Waals surface area contributed by atoms with E-state index in [0.29, 0.717) is 12.0 Å². The van der Waals surface area contributed by atoms with Crippen LogP contribution in [0.25, 0.3) is 0 Å². The van der Waals surface area contributed by atoms with Gasteiger partial charge in [0, 0.05) is 6.61 Å². The van der Waals surface area contributed by atoms with Crippen LogP contribution in [-0.4, -0.2) is 12.7 Å². The van der Waals surface area contributed by atoms with E-state index in [9.17, 15) is 0 Å². The molecule has 1 unspecified atom stereocenters. The fourth-order valence-corrected chi connectivity index (χ4v) is 1.21. The molecule has 1 atom stereocenters. The normalized spacial score (nSPS) is 14.5. The molecule has 0 aliphatic carbocycles. The van der Waals surface area contributed by atoms with Crippen molar-refractivity contribution < 1.29 is 4.74 Å². The summed E-state index contributed by atoms with van der Waals surface area (Å²) in [5.74, 6) is 1.39. The Morgan fingerprint density at radius 1 is 1.09 bits per heavy atom. The molecule has 0 amide bonds. The largest absolute Gasteiger partial charge is 0.378 e. The molecule has 1 nitrogen and oxygen atoms in total. The molecule has 0 aliphatic rings. The molecule has 0 fully saturated rings. The highest BCUT2D eigenvalue weighted by molar-refractivity contribution is 4.64. The molecular formula is C10H22O. The van der Waals surface area contributed by atoms with Gasteiger partial charge in [-0.3, -0.25) is 0 Å². The van der Waals surface area contributed by atoms with Crippen molar-refractivity contribution in [3.63, 3.8) is 0 Å². The van der Waals surface area contributed by atoms with Crippen LogP contribution in [0.2, 0.25) is 0 Å². The Morgan fingerprint density at radius 3 is 1.91 bits per heavy atom. The maximum absolute atomic E-state index is 5.61. The van der Waals surface area contributed by atoms with Crippen LogP contribution in [0.5, 0.6) is 0 Å². The van der Waals surface area contributed by atoms with E-state index in [4.69, 9.17) is 4.74 Å². The average Bonchev–Trinajstić information content (AvgIpc) is 1.86. The van der Waals surface area contributed by atoms with E-state index in [1.54, 1.807) is 0 Å². The fraction of sp³-hybridized carbons (Fsp3) is 1.00. The lowest BCUT2D eigenvalue weighted by Crippen LogP contribution is -2.21. The fourth-order valence-electron chi connectivity index (χ4n) is 1.21. The maximum atomic E-state index is 5.61. The summed E-state index contributed by atoms with van der Waals surface area (Å²) < 4.78 is 5.61. The molecule has 0 spiro atoms. The first kappa shape index (κ1) is 11.0. The van der Waals surface area contributed by atoms with E-state index in [-0.39, 0.29) is 0 Å². The van der Waals surface area contributed by atoms with Gasteiger partial charge in [0.2, 0.25) is 0 Å². The first-order valence-electron chi connectivity index (χ1n) is 4.69. The van der Waals surface area contributed by atoms with Gasteiger partial charge in [0.25, 0.3) is 0 Å². The van der Waals surface area contributed by atoms with Crippen LogP contribution in [-0.2, 0) is 4.74 Å². The Hall–Kier alpha value is -0.0400. The molecule has 0 aromatic rings. The van der Waals surface area contributed by atoms with Crippen LogP contribution in [0, 0.1) is 11.8 Å². The van der Waals surface area contributed by atoms with E-state index in [1.165, 1.54) is 6.42 Å². The summed E-state index contributed by atoms with van der Waals surface area (Å²) in [5.41, 5.74) is 0. The third-order valence-corrected chi connectivity index (χ3v) is 1.83. The molecule has 0 N–H and O–H groups in total. The van der Waals surface area contributed by atoms with Gasteiger partial charge in [0.1, 0.15) is 0 Å². The van der Waals surface area contributed by atoms with Gasteiger partial charge in [0.05, 0.1) is 6.10 Å². The Morgan fingerprint density at radius 2 is 1.64 bits per heavy atom. The van der Waals surface area contributed by atoms with Crippen molar-refractivity contribution >= 4 is 0 Å². The average molecular weight is 158 g/mol. The third-order valence-electron chi connectivity index (χ3n) is 1.83. The zero-order valence-corrected chi connectivity index (χ0v) is 8.55. The first-order chi connectivity index (χ1) is 5.07. The quantitative estimate of drug-likeness (QED) is 0.597. The lowest BCUT2D eigenvalue weighted by Gasteiger charge is -2.22. The molecule has 0 aliphatic heterocycles. The predicted octanol–water partition coefficient (Wildman–Crippen LogP) is 3.09. The Balaban J connectivity index is 3.69. The zero-order valence-electron chi connectivity index (χ0n) is 8.55. The van der Waals surface area contributed by atoms with Crippen LogP contribution in [0.15, 0.2) is 0 Å². The van der Waals surface area contributed by atoms with Crippen molar-refractivity contribution in [2.24, 2.45) is 11.8 Å². The van der Waals surface area contributed by atoms with E-state index >= 15 is 0 Å². The van der Waals surface area contributed by atoms with Gasteiger partial charge in [-0.2, -0.15) is 0 Å². The van der Waals surface area contributed by atoms with Crippen LogP contribution in [0.1, 0.15) is 41.0 Å². The second-order valence-electron chi connectivity index (χ2n) is 3.87. The second kappa shape index (κ2) is 5.59. The van der Waals surface area contributed by atoms with Gasteiger partial charge in [0.15, 0.2) is 0 Å². The summed E-state index contributed by atoms with van der Waals surface area (Å²) in [5, 5.41) is 0. The summed E-state index contributed by atoms with van der Waals surface area (Å²) in [6.45, 7) is 11.8. The van der Waals surface area contributed by atoms with Crippen molar-refractivity contribution in [2.45, 2.75) is 47.1 Å². The molecule has 0 saturated carbocycles. The summed E-state index contributed by atoms with van der Waals surface area (Å²) in [7, 11) is 0. The highest BCUT2D eigenvalue weighted by Gasteiger charge is 2.14. The van der Waals surface area contributed by atoms with E-state index in [1.807, 2.05) is 0 Å². The van der Waals surface area contributed by atoms with Crippen molar-refractivity contribution in [1.82, 2.24) is 0 Å². The van der Waals surface area contributed by atoms with Crippen molar-refractivity contribution in [1.29, 1.82) is 0 Å². The minimum absolute atomic E-state index is 0.458. The number of ether oxygens (including phenoxy) is 1. The van der Waals surface area contributed by atoms with Crippen molar-refractivity contribution in [3.05, 3.63) is 0 Å². The summed E-state index contributed by atoms with van der Waals surface area (Å²) in [4.78, 5) is 0. The maximum Gasteiger partial charge on any atom is 0.0600 e. The lowest BCUT2D eigenvalue weighted by molar-refractivity contribution is 0.0167. The topological polar surface area (TPSA) is 9.23 Å². The zero-order chi connectivity index (χ0) is 8.85. The summed E-state index contributed by atoms with van der Waals surface area (Å²) in [6, 6.07) is 0. The molecular weight excluding hydrogens is 136 g/mol. The molecule has 0 heterocycles. The number of hydrogen-bond acceptors (Lipinski definition) is 1.